The molecule has 1 saturated carbocycles. The van der Waals surface area contributed by atoms with Gasteiger partial charge < -0.3 is 4.74 Å². The second-order valence-corrected chi connectivity index (χ2v) is 4.64. The van der Waals surface area contributed by atoms with Crippen LogP contribution in [0.3, 0.4) is 0 Å². The monoisotopic (exact) mass is 234 g/mol. The SMILES string of the molecule is COc1ccc(/C=C(\F)C2CCCCC2)cc1. The van der Waals surface area contributed by atoms with Crippen molar-refractivity contribution in [2.24, 2.45) is 5.92 Å². The van der Waals surface area contributed by atoms with E-state index in [-0.39, 0.29) is 11.7 Å². The van der Waals surface area contributed by atoms with Gasteiger partial charge in [-0.2, -0.15) is 0 Å². The first-order chi connectivity index (χ1) is 8.29. The Balaban J connectivity index is 2.05. The topological polar surface area (TPSA) is 9.23 Å². The normalized spacial score (nSPS) is 18.1. The van der Waals surface area contributed by atoms with Crippen molar-refractivity contribution in [2.45, 2.75) is 32.1 Å². The number of ether oxygens (including phenoxy) is 1. The molecule has 0 saturated heterocycles. The van der Waals surface area contributed by atoms with Crippen molar-refractivity contribution in [2.75, 3.05) is 7.11 Å². The van der Waals surface area contributed by atoms with E-state index < -0.39 is 0 Å². The molecular formula is C15H19FO. The van der Waals surface area contributed by atoms with Crippen LogP contribution >= 0.6 is 0 Å². The van der Waals surface area contributed by atoms with Gasteiger partial charge in [-0.05, 0) is 36.6 Å². The second kappa shape index (κ2) is 5.85. The van der Waals surface area contributed by atoms with Crippen LogP contribution in [0.15, 0.2) is 30.1 Å². The van der Waals surface area contributed by atoms with E-state index in [9.17, 15) is 4.39 Å². The maximum absolute atomic E-state index is 14.0. The smallest absolute Gasteiger partial charge is 0.118 e. The summed E-state index contributed by atoms with van der Waals surface area (Å²) >= 11 is 0. The lowest BCUT2D eigenvalue weighted by Crippen LogP contribution is -2.06. The first-order valence-electron chi connectivity index (χ1n) is 6.31. The van der Waals surface area contributed by atoms with Crippen LogP contribution in [0, 0.1) is 5.92 Å². The summed E-state index contributed by atoms with van der Waals surface area (Å²) in [5, 5.41) is 0. The van der Waals surface area contributed by atoms with E-state index in [0.29, 0.717) is 0 Å². The molecule has 1 fully saturated rings. The second-order valence-electron chi connectivity index (χ2n) is 4.64. The van der Waals surface area contributed by atoms with Gasteiger partial charge in [-0.3, -0.25) is 0 Å². The van der Waals surface area contributed by atoms with E-state index >= 15 is 0 Å². The largest absolute Gasteiger partial charge is 0.497 e. The maximum atomic E-state index is 14.0. The minimum Gasteiger partial charge on any atom is -0.497 e. The highest BCUT2D eigenvalue weighted by Crippen LogP contribution is 2.31. The average Bonchev–Trinajstić information content (AvgIpc) is 2.40. The van der Waals surface area contributed by atoms with Gasteiger partial charge >= 0.3 is 0 Å². The van der Waals surface area contributed by atoms with Crippen LogP contribution in [-0.4, -0.2) is 7.11 Å². The third kappa shape index (κ3) is 3.32. The zero-order valence-corrected chi connectivity index (χ0v) is 10.3. The lowest BCUT2D eigenvalue weighted by Gasteiger charge is -2.19. The first kappa shape index (κ1) is 12.2. The molecule has 1 nitrogen and oxygen atoms in total. The van der Waals surface area contributed by atoms with E-state index in [1.807, 2.05) is 24.3 Å². The zero-order valence-electron chi connectivity index (χ0n) is 10.3. The summed E-state index contributed by atoms with van der Waals surface area (Å²) in [6.45, 7) is 0. The third-order valence-electron chi connectivity index (χ3n) is 3.42. The molecule has 2 rings (SSSR count). The molecule has 0 aliphatic heterocycles. The van der Waals surface area contributed by atoms with Crippen LogP contribution in [-0.2, 0) is 0 Å². The van der Waals surface area contributed by atoms with Crippen molar-refractivity contribution in [1.82, 2.24) is 0 Å². The molecule has 92 valence electrons. The van der Waals surface area contributed by atoms with E-state index in [2.05, 4.69) is 0 Å². The van der Waals surface area contributed by atoms with Crippen molar-refractivity contribution >= 4 is 6.08 Å². The van der Waals surface area contributed by atoms with Crippen LogP contribution < -0.4 is 4.74 Å². The van der Waals surface area contributed by atoms with Crippen LogP contribution in [0.2, 0.25) is 0 Å². The highest BCUT2D eigenvalue weighted by Gasteiger charge is 2.17. The molecule has 0 radical (unpaired) electrons. The van der Waals surface area contributed by atoms with Crippen molar-refractivity contribution in [3.8, 4) is 5.75 Å². The molecule has 1 aliphatic rings. The lowest BCUT2D eigenvalue weighted by molar-refractivity contribution is 0.351. The number of hydrogen-bond acceptors (Lipinski definition) is 1. The number of hydrogen-bond donors (Lipinski definition) is 0. The van der Waals surface area contributed by atoms with E-state index in [4.69, 9.17) is 4.74 Å². The van der Waals surface area contributed by atoms with Gasteiger partial charge in [0.05, 0.1) is 7.11 Å². The molecule has 0 spiro atoms. The van der Waals surface area contributed by atoms with E-state index in [0.717, 1.165) is 37.0 Å². The molecule has 0 unspecified atom stereocenters. The van der Waals surface area contributed by atoms with Crippen LogP contribution in [0.1, 0.15) is 37.7 Å². The van der Waals surface area contributed by atoms with Gasteiger partial charge in [0.1, 0.15) is 11.6 Å². The predicted octanol–water partition coefficient (Wildman–Crippen LogP) is 4.59. The Kier molecular flexibility index (Phi) is 4.18. The summed E-state index contributed by atoms with van der Waals surface area (Å²) in [4.78, 5) is 0. The van der Waals surface area contributed by atoms with Gasteiger partial charge in [0.15, 0.2) is 0 Å². The van der Waals surface area contributed by atoms with Gasteiger partial charge in [0, 0.05) is 5.92 Å². The molecule has 1 aromatic rings. The molecule has 2 heteroatoms. The Morgan fingerprint density at radius 1 is 1.18 bits per heavy atom. The van der Waals surface area contributed by atoms with Crippen molar-refractivity contribution in [3.63, 3.8) is 0 Å². The predicted molar refractivity (Wildman–Crippen MR) is 68.7 cm³/mol. The molecule has 0 heterocycles. The van der Waals surface area contributed by atoms with Crippen LogP contribution in [0.4, 0.5) is 4.39 Å². The van der Waals surface area contributed by atoms with E-state index in [1.165, 1.54) is 6.42 Å². The maximum Gasteiger partial charge on any atom is 0.118 e. The van der Waals surface area contributed by atoms with Crippen LogP contribution in [0.5, 0.6) is 5.75 Å². The Bertz CT molecular complexity index is 374. The van der Waals surface area contributed by atoms with Crippen molar-refractivity contribution in [3.05, 3.63) is 35.7 Å². The molecule has 1 aromatic carbocycles. The Morgan fingerprint density at radius 2 is 1.82 bits per heavy atom. The fraction of sp³-hybridized carbons (Fsp3) is 0.467. The quantitative estimate of drug-likeness (QED) is 0.743. The molecule has 0 bridgehead atoms. The molecule has 0 N–H and O–H groups in total. The summed E-state index contributed by atoms with van der Waals surface area (Å²) in [6.07, 6.45) is 7.24. The molecule has 0 aromatic heterocycles. The highest BCUT2D eigenvalue weighted by atomic mass is 19.1. The number of allylic oxidation sites excluding steroid dienone is 1. The highest BCUT2D eigenvalue weighted by molar-refractivity contribution is 5.52. The standard InChI is InChI=1S/C15H19FO/c1-17-14-9-7-12(8-10-14)11-15(16)13-5-3-2-4-6-13/h7-11,13H,2-6H2,1H3/b15-11-. The lowest BCUT2D eigenvalue weighted by atomic mass is 9.88. The van der Waals surface area contributed by atoms with E-state index in [1.54, 1.807) is 13.2 Å². The summed E-state index contributed by atoms with van der Waals surface area (Å²) in [6, 6.07) is 7.50. The first-order valence-corrected chi connectivity index (χ1v) is 6.31. The minimum absolute atomic E-state index is 0.0369. The Morgan fingerprint density at radius 3 is 2.41 bits per heavy atom. The molecule has 0 atom stereocenters. The molecule has 1 aliphatic carbocycles. The zero-order chi connectivity index (χ0) is 12.1. The van der Waals surface area contributed by atoms with Crippen molar-refractivity contribution in [1.29, 1.82) is 0 Å². The fourth-order valence-corrected chi connectivity index (χ4v) is 2.36. The molecule has 0 amide bonds. The number of rotatable bonds is 3. The third-order valence-corrected chi connectivity index (χ3v) is 3.42. The van der Waals surface area contributed by atoms with Gasteiger partial charge in [-0.1, -0.05) is 31.4 Å². The summed E-state index contributed by atoms with van der Waals surface area (Å²) in [5.41, 5.74) is 0.911. The summed E-state index contributed by atoms with van der Waals surface area (Å²) < 4.78 is 19.1. The molecular weight excluding hydrogens is 215 g/mol. The minimum atomic E-state index is 0.0369. The van der Waals surface area contributed by atoms with Crippen LogP contribution in [0.25, 0.3) is 6.08 Å². The average molecular weight is 234 g/mol. The number of methoxy groups -OCH3 is 1. The summed E-state index contributed by atoms with van der Waals surface area (Å²) in [7, 11) is 1.63. The number of halogens is 1. The Hall–Kier alpha value is -1.31. The van der Waals surface area contributed by atoms with Crippen molar-refractivity contribution < 1.29 is 9.13 Å². The summed E-state index contributed by atoms with van der Waals surface area (Å²) in [5.74, 6) is 0.987. The fourth-order valence-electron chi connectivity index (χ4n) is 2.36. The van der Waals surface area contributed by atoms with Gasteiger partial charge in [-0.25, -0.2) is 4.39 Å². The van der Waals surface area contributed by atoms with Gasteiger partial charge in [-0.15, -0.1) is 0 Å². The number of benzene rings is 1. The Labute approximate surface area is 102 Å². The molecule has 17 heavy (non-hydrogen) atoms. The van der Waals surface area contributed by atoms with Gasteiger partial charge in [0.25, 0.3) is 0 Å². The van der Waals surface area contributed by atoms with Gasteiger partial charge in [0.2, 0.25) is 0 Å².